The summed E-state index contributed by atoms with van der Waals surface area (Å²) in [5, 5.41) is 3.50. The normalized spacial score (nSPS) is 18.1. The van der Waals surface area contributed by atoms with Gasteiger partial charge in [-0.05, 0) is 68.0 Å². The molecule has 1 saturated heterocycles. The van der Waals surface area contributed by atoms with Crippen LogP contribution in [0, 0.1) is 12.8 Å². The highest BCUT2D eigenvalue weighted by atomic mass is 16.5. The highest BCUT2D eigenvalue weighted by Gasteiger charge is 2.14. The molecule has 1 aliphatic heterocycles. The molecule has 2 aromatic rings. The molecule has 22 heavy (non-hydrogen) atoms. The van der Waals surface area contributed by atoms with Crippen molar-refractivity contribution in [1.29, 1.82) is 0 Å². The Kier molecular flexibility index (Phi) is 5.12. The first kappa shape index (κ1) is 15.1. The van der Waals surface area contributed by atoms with Crippen LogP contribution in [-0.4, -0.2) is 13.1 Å². The molecule has 0 amide bonds. The van der Waals surface area contributed by atoms with Crippen molar-refractivity contribution in [2.75, 3.05) is 13.1 Å². The molecule has 1 heterocycles. The van der Waals surface area contributed by atoms with Gasteiger partial charge in [-0.1, -0.05) is 42.5 Å². The number of rotatable bonds is 5. The smallest absolute Gasteiger partial charge is 0.122 e. The van der Waals surface area contributed by atoms with Gasteiger partial charge < -0.3 is 10.1 Å². The van der Waals surface area contributed by atoms with Crippen molar-refractivity contribution in [3.8, 4) is 5.75 Å². The fourth-order valence-corrected chi connectivity index (χ4v) is 3.09. The topological polar surface area (TPSA) is 21.3 Å². The van der Waals surface area contributed by atoms with E-state index in [9.17, 15) is 0 Å². The molecule has 1 aliphatic rings. The quantitative estimate of drug-likeness (QED) is 0.896. The lowest BCUT2D eigenvalue weighted by molar-refractivity contribution is 0.303. The largest absolute Gasteiger partial charge is 0.489 e. The predicted molar refractivity (Wildman–Crippen MR) is 91.3 cm³/mol. The maximum absolute atomic E-state index is 6.04. The van der Waals surface area contributed by atoms with Crippen LogP contribution in [0.5, 0.6) is 5.75 Å². The van der Waals surface area contributed by atoms with E-state index in [1.807, 2.05) is 6.07 Å². The van der Waals surface area contributed by atoms with Crippen LogP contribution in [0.1, 0.15) is 29.5 Å². The van der Waals surface area contributed by atoms with Crippen LogP contribution in [0.4, 0.5) is 0 Å². The van der Waals surface area contributed by atoms with Crippen LogP contribution < -0.4 is 10.1 Å². The highest BCUT2D eigenvalue weighted by molar-refractivity contribution is 5.37. The van der Waals surface area contributed by atoms with Gasteiger partial charge in [-0.25, -0.2) is 0 Å². The average Bonchev–Trinajstić information content (AvgIpc) is 2.57. The number of ether oxygens (including phenoxy) is 1. The summed E-state index contributed by atoms with van der Waals surface area (Å²) in [4.78, 5) is 0. The molecule has 1 N–H and O–H groups in total. The van der Waals surface area contributed by atoms with Crippen LogP contribution in [0.2, 0.25) is 0 Å². The van der Waals surface area contributed by atoms with Gasteiger partial charge in [0, 0.05) is 0 Å². The van der Waals surface area contributed by atoms with Crippen LogP contribution in [0.3, 0.4) is 0 Å². The van der Waals surface area contributed by atoms with E-state index in [0.29, 0.717) is 6.61 Å². The molecular formula is C20H25NO. The summed E-state index contributed by atoms with van der Waals surface area (Å²) in [6.45, 7) is 5.08. The minimum Gasteiger partial charge on any atom is -0.489 e. The van der Waals surface area contributed by atoms with Gasteiger partial charge in [-0.3, -0.25) is 0 Å². The number of nitrogens with one attached hydrogen (secondary N) is 1. The third kappa shape index (κ3) is 4.11. The van der Waals surface area contributed by atoms with E-state index in [2.05, 4.69) is 54.7 Å². The minimum atomic E-state index is 0.635. The average molecular weight is 295 g/mol. The number of piperidine rings is 1. The van der Waals surface area contributed by atoms with Gasteiger partial charge in [0.05, 0.1) is 0 Å². The summed E-state index contributed by atoms with van der Waals surface area (Å²) in [5.74, 6) is 1.78. The van der Waals surface area contributed by atoms with E-state index >= 15 is 0 Å². The van der Waals surface area contributed by atoms with Gasteiger partial charge in [0.1, 0.15) is 12.4 Å². The molecule has 1 atom stereocenters. The fourth-order valence-electron chi connectivity index (χ4n) is 3.09. The van der Waals surface area contributed by atoms with Crippen LogP contribution >= 0.6 is 0 Å². The third-order valence-electron chi connectivity index (χ3n) is 4.41. The van der Waals surface area contributed by atoms with E-state index in [0.717, 1.165) is 24.6 Å². The maximum Gasteiger partial charge on any atom is 0.122 e. The Balaban J connectivity index is 1.64. The Morgan fingerprint density at radius 1 is 1.09 bits per heavy atom. The van der Waals surface area contributed by atoms with Gasteiger partial charge in [-0.2, -0.15) is 0 Å². The van der Waals surface area contributed by atoms with Crippen molar-refractivity contribution < 1.29 is 4.74 Å². The molecule has 2 nitrogen and oxygen atoms in total. The lowest BCUT2D eigenvalue weighted by atomic mass is 9.92. The molecule has 0 saturated carbocycles. The zero-order chi connectivity index (χ0) is 15.2. The summed E-state index contributed by atoms with van der Waals surface area (Å²) < 4.78 is 6.04. The fraction of sp³-hybridized carbons (Fsp3) is 0.400. The number of hydrogen-bond acceptors (Lipinski definition) is 2. The Labute approximate surface area is 133 Å². The van der Waals surface area contributed by atoms with Gasteiger partial charge in [0.25, 0.3) is 0 Å². The lowest BCUT2D eigenvalue weighted by Crippen LogP contribution is -2.30. The van der Waals surface area contributed by atoms with Gasteiger partial charge >= 0.3 is 0 Å². The molecule has 3 rings (SSSR count). The summed E-state index contributed by atoms with van der Waals surface area (Å²) in [5.41, 5.74) is 3.81. The van der Waals surface area contributed by atoms with Crippen molar-refractivity contribution in [2.24, 2.45) is 5.92 Å². The van der Waals surface area contributed by atoms with Crippen molar-refractivity contribution >= 4 is 0 Å². The minimum absolute atomic E-state index is 0.635. The monoisotopic (exact) mass is 295 g/mol. The Morgan fingerprint density at radius 2 is 1.95 bits per heavy atom. The summed E-state index contributed by atoms with van der Waals surface area (Å²) in [6, 6.07) is 17.0. The first-order chi connectivity index (χ1) is 10.8. The second-order valence-electron chi connectivity index (χ2n) is 6.29. The SMILES string of the molecule is Cc1ccc(CC2CCCNC2)cc1OCc1ccccc1. The van der Waals surface area contributed by atoms with Gasteiger partial charge in [0.2, 0.25) is 0 Å². The predicted octanol–water partition coefficient (Wildman–Crippen LogP) is 4.12. The van der Waals surface area contributed by atoms with E-state index in [1.54, 1.807) is 0 Å². The van der Waals surface area contributed by atoms with E-state index in [1.165, 1.54) is 36.1 Å². The zero-order valence-electron chi connectivity index (χ0n) is 13.3. The second-order valence-corrected chi connectivity index (χ2v) is 6.29. The second kappa shape index (κ2) is 7.46. The molecule has 1 unspecified atom stereocenters. The molecule has 0 aliphatic carbocycles. The highest BCUT2D eigenvalue weighted by Crippen LogP contribution is 2.24. The first-order valence-corrected chi connectivity index (χ1v) is 8.28. The van der Waals surface area contributed by atoms with Gasteiger partial charge in [0.15, 0.2) is 0 Å². The lowest BCUT2D eigenvalue weighted by Gasteiger charge is -2.23. The molecular weight excluding hydrogens is 270 g/mol. The summed E-state index contributed by atoms with van der Waals surface area (Å²) in [7, 11) is 0. The van der Waals surface area contributed by atoms with Crippen molar-refractivity contribution in [3.63, 3.8) is 0 Å². The molecule has 0 bridgehead atoms. The van der Waals surface area contributed by atoms with E-state index in [-0.39, 0.29) is 0 Å². The molecule has 116 valence electrons. The van der Waals surface area contributed by atoms with E-state index < -0.39 is 0 Å². The summed E-state index contributed by atoms with van der Waals surface area (Å²) >= 11 is 0. The third-order valence-corrected chi connectivity index (χ3v) is 4.41. The maximum atomic E-state index is 6.04. The summed E-state index contributed by atoms with van der Waals surface area (Å²) in [6.07, 6.45) is 3.78. The van der Waals surface area contributed by atoms with Crippen LogP contribution in [0.25, 0.3) is 0 Å². The molecule has 0 radical (unpaired) electrons. The number of aryl methyl sites for hydroxylation is 1. The van der Waals surface area contributed by atoms with Crippen molar-refractivity contribution in [1.82, 2.24) is 5.32 Å². The van der Waals surface area contributed by atoms with Gasteiger partial charge in [-0.15, -0.1) is 0 Å². The van der Waals surface area contributed by atoms with Crippen molar-refractivity contribution in [3.05, 3.63) is 65.2 Å². The Morgan fingerprint density at radius 3 is 2.73 bits per heavy atom. The molecule has 2 heteroatoms. The molecule has 0 aromatic heterocycles. The Hall–Kier alpha value is -1.80. The van der Waals surface area contributed by atoms with E-state index in [4.69, 9.17) is 4.74 Å². The molecule has 0 spiro atoms. The molecule has 1 fully saturated rings. The molecule has 2 aromatic carbocycles. The standard InChI is InChI=1S/C20H25NO/c1-16-9-10-18(12-19-8-5-11-21-14-19)13-20(16)22-15-17-6-3-2-4-7-17/h2-4,6-7,9-10,13,19,21H,5,8,11-12,14-15H2,1H3. The number of benzene rings is 2. The van der Waals surface area contributed by atoms with Crippen LogP contribution in [0.15, 0.2) is 48.5 Å². The first-order valence-electron chi connectivity index (χ1n) is 8.28. The van der Waals surface area contributed by atoms with Crippen LogP contribution in [-0.2, 0) is 13.0 Å². The van der Waals surface area contributed by atoms with Crippen molar-refractivity contribution in [2.45, 2.75) is 32.8 Å². The Bertz CT molecular complexity index is 588. The zero-order valence-corrected chi connectivity index (χ0v) is 13.3. The number of hydrogen-bond donors (Lipinski definition) is 1.